The van der Waals surface area contributed by atoms with E-state index in [2.05, 4.69) is 26.1 Å². The van der Waals surface area contributed by atoms with Gasteiger partial charge in [-0.2, -0.15) is 0 Å². The SMILES string of the molecule is CC(C)COCCOC(C)CCCNC1CC1. The van der Waals surface area contributed by atoms with Crippen LogP contribution in [0.2, 0.25) is 0 Å². The van der Waals surface area contributed by atoms with Crippen LogP contribution in [0.3, 0.4) is 0 Å². The molecule has 0 spiro atoms. The van der Waals surface area contributed by atoms with E-state index in [1.165, 1.54) is 19.3 Å². The van der Waals surface area contributed by atoms with Crippen molar-refractivity contribution < 1.29 is 9.47 Å². The number of ether oxygens (including phenoxy) is 2. The monoisotopic (exact) mass is 243 g/mol. The summed E-state index contributed by atoms with van der Waals surface area (Å²) in [5, 5.41) is 3.52. The molecule has 3 heteroatoms. The molecule has 1 N–H and O–H groups in total. The molecule has 0 aromatic carbocycles. The average Bonchev–Trinajstić information content (AvgIpc) is 3.07. The fourth-order valence-electron chi connectivity index (χ4n) is 1.69. The van der Waals surface area contributed by atoms with Crippen molar-refractivity contribution in [1.82, 2.24) is 5.32 Å². The summed E-state index contributed by atoms with van der Waals surface area (Å²) in [5.41, 5.74) is 0. The van der Waals surface area contributed by atoms with Gasteiger partial charge in [0.2, 0.25) is 0 Å². The standard InChI is InChI=1S/C14H29NO2/c1-12(2)11-16-9-10-17-13(3)5-4-8-15-14-6-7-14/h12-15H,4-11H2,1-3H3. The third kappa shape index (κ3) is 9.57. The van der Waals surface area contributed by atoms with Gasteiger partial charge in [0, 0.05) is 12.6 Å². The quantitative estimate of drug-likeness (QED) is 0.566. The van der Waals surface area contributed by atoms with Gasteiger partial charge in [-0.15, -0.1) is 0 Å². The van der Waals surface area contributed by atoms with E-state index in [1.807, 2.05) is 0 Å². The van der Waals surface area contributed by atoms with Crippen molar-refractivity contribution in [3.8, 4) is 0 Å². The van der Waals surface area contributed by atoms with Crippen molar-refractivity contribution in [3.63, 3.8) is 0 Å². The molecular weight excluding hydrogens is 214 g/mol. The molecule has 1 rings (SSSR count). The molecule has 1 fully saturated rings. The van der Waals surface area contributed by atoms with Gasteiger partial charge in [0.15, 0.2) is 0 Å². The van der Waals surface area contributed by atoms with Gasteiger partial charge in [-0.3, -0.25) is 0 Å². The summed E-state index contributed by atoms with van der Waals surface area (Å²) in [6.45, 7) is 9.91. The molecule has 1 aliphatic carbocycles. The van der Waals surface area contributed by atoms with E-state index in [9.17, 15) is 0 Å². The maximum Gasteiger partial charge on any atom is 0.0704 e. The molecule has 0 aromatic rings. The van der Waals surface area contributed by atoms with E-state index in [0.717, 1.165) is 38.8 Å². The molecule has 0 aliphatic heterocycles. The zero-order valence-electron chi connectivity index (χ0n) is 11.7. The molecule has 0 radical (unpaired) electrons. The van der Waals surface area contributed by atoms with Gasteiger partial charge < -0.3 is 14.8 Å². The Morgan fingerprint density at radius 3 is 2.59 bits per heavy atom. The van der Waals surface area contributed by atoms with E-state index in [-0.39, 0.29) is 0 Å². The summed E-state index contributed by atoms with van der Waals surface area (Å²) >= 11 is 0. The summed E-state index contributed by atoms with van der Waals surface area (Å²) in [6.07, 6.45) is 5.46. The van der Waals surface area contributed by atoms with Crippen LogP contribution in [-0.4, -0.2) is 38.5 Å². The van der Waals surface area contributed by atoms with Crippen LogP contribution in [0.1, 0.15) is 46.5 Å². The second-order valence-electron chi connectivity index (χ2n) is 5.52. The normalized spacial score (nSPS) is 17.6. The van der Waals surface area contributed by atoms with Crippen molar-refractivity contribution in [2.24, 2.45) is 5.92 Å². The minimum Gasteiger partial charge on any atom is -0.379 e. The van der Waals surface area contributed by atoms with E-state index in [4.69, 9.17) is 9.47 Å². The number of rotatable bonds is 11. The molecular formula is C14H29NO2. The van der Waals surface area contributed by atoms with E-state index < -0.39 is 0 Å². The molecule has 1 unspecified atom stereocenters. The third-order valence-corrected chi connectivity index (χ3v) is 2.88. The van der Waals surface area contributed by atoms with Gasteiger partial charge >= 0.3 is 0 Å². The van der Waals surface area contributed by atoms with Crippen LogP contribution in [0.15, 0.2) is 0 Å². The topological polar surface area (TPSA) is 30.5 Å². The summed E-state index contributed by atoms with van der Waals surface area (Å²) < 4.78 is 11.2. The molecule has 102 valence electrons. The number of hydrogen-bond acceptors (Lipinski definition) is 3. The Hall–Kier alpha value is -0.120. The second-order valence-corrected chi connectivity index (χ2v) is 5.52. The Labute approximate surface area is 106 Å². The number of nitrogens with one attached hydrogen (secondary N) is 1. The van der Waals surface area contributed by atoms with Gasteiger partial charge in [-0.25, -0.2) is 0 Å². The predicted octanol–water partition coefficient (Wildman–Crippen LogP) is 2.60. The molecule has 0 amide bonds. The van der Waals surface area contributed by atoms with Crippen molar-refractivity contribution in [3.05, 3.63) is 0 Å². The van der Waals surface area contributed by atoms with Gasteiger partial charge in [0.25, 0.3) is 0 Å². The maximum atomic E-state index is 5.69. The molecule has 0 aromatic heterocycles. The fraction of sp³-hybridized carbons (Fsp3) is 1.00. The van der Waals surface area contributed by atoms with Crippen LogP contribution in [0.5, 0.6) is 0 Å². The predicted molar refractivity (Wildman–Crippen MR) is 71.3 cm³/mol. The van der Waals surface area contributed by atoms with Crippen LogP contribution in [0, 0.1) is 5.92 Å². The highest BCUT2D eigenvalue weighted by atomic mass is 16.5. The lowest BCUT2D eigenvalue weighted by Gasteiger charge is -2.13. The lowest BCUT2D eigenvalue weighted by Crippen LogP contribution is -2.20. The Morgan fingerprint density at radius 2 is 1.94 bits per heavy atom. The minimum absolute atomic E-state index is 0.360. The first-order chi connectivity index (χ1) is 8.18. The smallest absolute Gasteiger partial charge is 0.0704 e. The zero-order chi connectivity index (χ0) is 12.5. The molecule has 0 bridgehead atoms. The van der Waals surface area contributed by atoms with Gasteiger partial charge in [0.1, 0.15) is 0 Å². The maximum absolute atomic E-state index is 5.69. The van der Waals surface area contributed by atoms with E-state index in [0.29, 0.717) is 12.0 Å². The lowest BCUT2D eigenvalue weighted by molar-refractivity contribution is 0.00288. The van der Waals surface area contributed by atoms with E-state index >= 15 is 0 Å². The minimum atomic E-state index is 0.360. The lowest BCUT2D eigenvalue weighted by atomic mass is 10.2. The molecule has 17 heavy (non-hydrogen) atoms. The molecule has 1 aliphatic rings. The summed E-state index contributed by atoms with van der Waals surface area (Å²) in [6, 6.07) is 0.829. The van der Waals surface area contributed by atoms with Gasteiger partial charge in [0.05, 0.1) is 19.3 Å². The van der Waals surface area contributed by atoms with Crippen LogP contribution < -0.4 is 5.32 Å². The molecule has 1 saturated carbocycles. The molecule has 1 atom stereocenters. The van der Waals surface area contributed by atoms with Crippen LogP contribution >= 0.6 is 0 Å². The Kier molecular flexibility index (Phi) is 7.82. The highest BCUT2D eigenvalue weighted by molar-refractivity contribution is 4.80. The molecule has 0 saturated heterocycles. The first kappa shape index (κ1) is 14.9. The Morgan fingerprint density at radius 1 is 1.18 bits per heavy atom. The fourth-order valence-corrected chi connectivity index (χ4v) is 1.69. The zero-order valence-corrected chi connectivity index (χ0v) is 11.7. The van der Waals surface area contributed by atoms with Crippen molar-refractivity contribution in [2.75, 3.05) is 26.4 Å². The summed E-state index contributed by atoms with van der Waals surface area (Å²) in [5.74, 6) is 0.612. The molecule has 0 heterocycles. The highest BCUT2D eigenvalue weighted by Crippen LogP contribution is 2.18. The summed E-state index contributed by atoms with van der Waals surface area (Å²) in [4.78, 5) is 0. The van der Waals surface area contributed by atoms with E-state index in [1.54, 1.807) is 0 Å². The van der Waals surface area contributed by atoms with Gasteiger partial charge in [-0.05, 0) is 45.1 Å². The Bertz CT molecular complexity index is 181. The first-order valence-electron chi connectivity index (χ1n) is 7.11. The Balaban J connectivity index is 1.78. The van der Waals surface area contributed by atoms with Crippen molar-refractivity contribution in [2.45, 2.75) is 58.6 Å². The average molecular weight is 243 g/mol. The van der Waals surface area contributed by atoms with Gasteiger partial charge in [-0.1, -0.05) is 13.8 Å². The van der Waals surface area contributed by atoms with Crippen molar-refractivity contribution >= 4 is 0 Å². The van der Waals surface area contributed by atoms with Crippen LogP contribution in [0.25, 0.3) is 0 Å². The number of hydrogen-bond donors (Lipinski definition) is 1. The second kappa shape index (κ2) is 8.90. The highest BCUT2D eigenvalue weighted by Gasteiger charge is 2.19. The molecule has 3 nitrogen and oxygen atoms in total. The summed E-state index contributed by atoms with van der Waals surface area (Å²) in [7, 11) is 0. The third-order valence-electron chi connectivity index (χ3n) is 2.88. The van der Waals surface area contributed by atoms with Crippen LogP contribution in [-0.2, 0) is 9.47 Å². The first-order valence-corrected chi connectivity index (χ1v) is 7.11. The largest absolute Gasteiger partial charge is 0.379 e. The van der Waals surface area contributed by atoms with Crippen molar-refractivity contribution in [1.29, 1.82) is 0 Å². The van der Waals surface area contributed by atoms with Crippen LogP contribution in [0.4, 0.5) is 0 Å².